The van der Waals surface area contributed by atoms with Gasteiger partial charge < -0.3 is 30.2 Å². The SMILES string of the molecule is O=[C-]C(CC1=CC(O)Nc2ccccc21)NC(=O)c1ccc(Cl)cc1.[CH2-]/C=C/CN1CCOCC1.[U+2]. The fourth-order valence-corrected chi connectivity index (χ4v) is 3.87. The van der Waals surface area contributed by atoms with E-state index in [4.69, 9.17) is 16.3 Å². The van der Waals surface area contributed by atoms with Crippen LogP contribution in [0.3, 0.4) is 0 Å². The Bertz CT molecular complexity index is 1040. The Kier molecular flexibility index (Phi) is 13.4. The number of hydrogen-bond acceptors (Lipinski definition) is 6. The number of fused-ring (bicyclic) bond motifs is 1. The van der Waals surface area contributed by atoms with Crippen LogP contribution in [0, 0.1) is 38.0 Å². The number of nitrogens with zero attached hydrogens (tertiary/aromatic N) is 1. The van der Waals surface area contributed by atoms with Crippen molar-refractivity contribution in [3.8, 4) is 0 Å². The summed E-state index contributed by atoms with van der Waals surface area (Å²) in [6.07, 6.45) is 6.79. The van der Waals surface area contributed by atoms with Gasteiger partial charge in [0.2, 0.25) is 5.91 Å². The molecule has 9 heteroatoms. The van der Waals surface area contributed by atoms with E-state index in [0.29, 0.717) is 10.6 Å². The quantitative estimate of drug-likeness (QED) is 0.378. The predicted molar refractivity (Wildman–Crippen MR) is 139 cm³/mol. The number of carbonyl (C=O) groups is 1. The van der Waals surface area contributed by atoms with Gasteiger partial charge in [-0.05, 0) is 54.9 Å². The second-order valence-corrected chi connectivity index (χ2v) is 8.50. The average molecular weight is 734 g/mol. The molecule has 188 valence electrons. The summed E-state index contributed by atoms with van der Waals surface area (Å²) in [5, 5.41) is 16.0. The molecule has 0 bridgehead atoms. The second-order valence-electron chi connectivity index (χ2n) is 8.07. The third-order valence-corrected chi connectivity index (χ3v) is 5.80. The van der Waals surface area contributed by atoms with Crippen LogP contribution in [0.2, 0.25) is 5.02 Å². The molecular formula is C27H30ClN3O4U. The van der Waals surface area contributed by atoms with E-state index in [1.165, 1.54) is 0 Å². The number of ether oxygens (including phenoxy) is 1. The number of para-hydroxylation sites is 1. The summed E-state index contributed by atoms with van der Waals surface area (Å²) in [4.78, 5) is 25.9. The van der Waals surface area contributed by atoms with Crippen molar-refractivity contribution in [1.82, 2.24) is 10.2 Å². The molecule has 4 rings (SSSR count). The van der Waals surface area contributed by atoms with Gasteiger partial charge in [0.25, 0.3) is 0 Å². The van der Waals surface area contributed by atoms with Gasteiger partial charge in [-0.25, -0.2) is 25.4 Å². The fraction of sp³-hybridized carbons (Fsp3) is 0.296. The Hall–Kier alpha value is -2.05. The Labute approximate surface area is 241 Å². The van der Waals surface area contributed by atoms with Crippen molar-refractivity contribution in [1.29, 1.82) is 0 Å². The Balaban J connectivity index is 0.000000350. The van der Waals surface area contributed by atoms with Crippen molar-refractivity contribution in [2.75, 3.05) is 38.2 Å². The molecule has 0 aromatic heterocycles. The predicted octanol–water partition coefficient (Wildman–Crippen LogP) is 3.47. The molecule has 0 aliphatic carbocycles. The normalized spacial score (nSPS) is 17.8. The minimum atomic E-state index is -0.843. The van der Waals surface area contributed by atoms with Gasteiger partial charge in [0.1, 0.15) is 6.23 Å². The van der Waals surface area contributed by atoms with Gasteiger partial charge >= 0.3 is 31.1 Å². The van der Waals surface area contributed by atoms with E-state index in [9.17, 15) is 14.7 Å². The molecule has 0 spiro atoms. The maximum absolute atomic E-state index is 12.3. The van der Waals surface area contributed by atoms with Gasteiger partial charge in [0, 0.05) is 34.9 Å². The fourth-order valence-electron chi connectivity index (χ4n) is 3.74. The van der Waals surface area contributed by atoms with Crippen LogP contribution in [0.15, 0.2) is 66.8 Å². The number of amides is 1. The number of nitrogens with one attached hydrogen (secondary N) is 2. The molecule has 2 heterocycles. The molecule has 1 amide bonds. The van der Waals surface area contributed by atoms with Crippen LogP contribution >= 0.6 is 11.6 Å². The van der Waals surface area contributed by atoms with Crippen LogP contribution in [-0.2, 0) is 9.53 Å². The van der Waals surface area contributed by atoms with Crippen LogP contribution in [0.5, 0.6) is 0 Å². The summed E-state index contributed by atoms with van der Waals surface area (Å²) in [6.45, 7) is 8.53. The number of aliphatic hydroxyl groups excluding tert-OH is 1. The van der Waals surface area contributed by atoms with Crippen molar-refractivity contribution < 1.29 is 50.5 Å². The Morgan fingerprint density at radius 2 is 1.94 bits per heavy atom. The van der Waals surface area contributed by atoms with Gasteiger partial charge in [-0.2, -0.15) is 0 Å². The van der Waals surface area contributed by atoms with E-state index in [-0.39, 0.29) is 43.4 Å². The number of benzene rings is 2. The first-order valence-electron chi connectivity index (χ1n) is 11.4. The van der Waals surface area contributed by atoms with Crippen molar-refractivity contribution in [3.05, 3.63) is 89.8 Å². The number of aliphatic hydroxyl groups is 1. The number of anilines is 1. The minimum absolute atomic E-state index is 0. The number of carbonyl (C=O) groups excluding carboxylic acids is 2. The monoisotopic (exact) mass is 733 g/mol. The van der Waals surface area contributed by atoms with Crippen molar-refractivity contribution in [3.63, 3.8) is 0 Å². The summed E-state index contributed by atoms with van der Waals surface area (Å²) in [6, 6.07) is 13.0. The Morgan fingerprint density at radius 1 is 1.25 bits per heavy atom. The third-order valence-electron chi connectivity index (χ3n) is 5.55. The molecule has 0 saturated carbocycles. The second kappa shape index (κ2) is 15.9. The largest absolute Gasteiger partial charge is 2.00 e. The molecule has 2 aliphatic rings. The summed E-state index contributed by atoms with van der Waals surface area (Å²) in [7, 11) is 0. The molecular weight excluding hydrogens is 704 g/mol. The van der Waals surface area contributed by atoms with E-state index in [0.717, 1.165) is 49.7 Å². The summed E-state index contributed by atoms with van der Waals surface area (Å²) < 4.78 is 5.20. The average Bonchev–Trinajstić information content (AvgIpc) is 2.88. The molecule has 2 aromatic rings. The number of halogens is 1. The first-order valence-corrected chi connectivity index (χ1v) is 11.8. The minimum Gasteiger partial charge on any atom is -0.540 e. The standard InChI is InChI=1S/C19H16ClN2O3.C8H14NO.U/c20-14-7-5-12(6-8-14)19(25)21-15(11-23)9-13-10-18(24)22-17-4-2-1-3-16(13)17;1-2-3-4-9-5-7-10-8-6-9;/h1-8,10,15,18,22,24H,9H2,(H,21,25);2-3H,1,4-8H2;/q2*-1;+2/b;3-2+;. The smallest absolute Gasteiger partial charge is 0.540 e. The van der Waals surface area contributed by atoms with E-state index in [2.05, 4.69) is 28.5 Å². The summed E-state index contributed by atoms with van der Waals surface area (Å²) in [5.41, 5.74) is 2.84. The van der Waals surface area contributed by atoms with Crippen LogP contribution < -0.4 is 10.6 Å². The van der Waals surface area contributed by atoms with Crippen LogP contribution in [0.1, 0.15) is 22.3 Å². The molecule has 3 N–H and O–H groups in total. The van der Waals surface area contributed by atoms with E-state index < -0.39 is 12.3 Å². The molecule has 36 heavy (non-hydrogen) atoms. The summed E-state index contributed by atoms with van der Waals surface area (Å²) >= 11 is 5.81. The van der Waals surface area contributed by atoms with Crippen molar-refractivity contribution in [2.45, 2.75) is 18.7 Å². The summed E-state index contributed by atoms with van der Waals surface area (Å²) in [5.74, 6) is -0.381. The molecule has 2 aromatic carbocycles. The maximum atomic E-state index is 12.3. The van der Waals surface area contributed by atoms with Crippen LogP contribution in [0.4, 0.5) is 5.69 Å². The molecule has 1 saturated heterocycles. The first kappa shape index (κ1) is 30.2. The van der Waals surface area contributed by atoms with Gasteiger partial charge in [-0.3, -0.25) is 4.79 Å². The van der Waals surface area contributed by atoms with Gasteiger partial charge in [0.05, 0.1) is 13.2 Å². The van der Waals surface area contributed by atoms with E-state index >= 15 is 0 Å². The molecule has 0 radical (unpaired) electrons. The van der Waals surface area contributed by atoms with Gasteiger partial charge in [0.15, 0.2) is 0 Å². The molecule has 2 aliphatic heterocycles. The zero-order chi connectivity index (χ0) is 25.0. The zero-order valence-electron chi connectivity index (χ0n) is 20.0. The Morgan fingerprint density at radius 3 is 2.61 bits per heavy atom. The van der Waals surface area contributed by atoms with Crippen molar-refractivity contribution in [2.24, 2.45) is 0 Å². The van der Waals surface area contributed by atoms with Crippen LogP contribution in [0.25, 0.3) is 5.57 Å². The number of allylic oxidation sites excluding steroid dienone is 1. The topological polar surface area (TPSA) is 90.9 Å². The first-order chi connectivity index (χ1) is 17.0. The molecule has 1 fully saturated rings. The van der Waals surface area contributed by atoms with Crippen molar-refractivity contribution >= 4 is 35.1 Å². The molecule has 7 nitrogen and oxygen atoms in total. The van der Waals surface area contributed by atoms with Gasteiger partial charge in [-0.1, -0.05) is 35.8 Å². The number of rotatable bonds is 7. The number of morpholine rings is 1. The number of hydrogen-bond donors (Lipinski definition) is 3. The van der Waals surface area contributed by atoms with Gasteiger partial charge in [-0.15, -0.1) is 0 Å². The van der Waals surface area contributed by atoms with E-state index in [1.54, 1.807) is 30.3 Å². The van der Waals surface area contributed by atoms with E-state index in [1.807, 2.05) is 36.6 Å². The zero-order valence-corrected chi connectivity index (χ0v) is 24.9. The van der Waals surface area contributed by atoms with Crippen LogP contribution in [-0.4, -0.2) is 67.3 Å². The maximum Gasteiger partial charge on any atom is 2.00 e. The third kappa shape index (κ3) is 9.44. The molecule has 2 unspecified atom stereocenters. The molecule has 2 atom stereocenters.